The highest BCUT2D eigenvalue weighted by Crippen LogP contribution is 2.53. The number of amides is 1. The predicted molar refractivity (Wildman–Crippen MR) is 162 cm³/mol. The smallest absolute Gasteiger partial charge is 0.254 e. The highest BCUT2D eigenvalue weighted by atomic mass is 35.5. The Balaban J connectivity index is 0.000000391. The SMILES string of the molecule is CC.CN(CCCN1CCNCC1)c1ncc(C(=O)NC2C(C)(C)CC2(C)C)cn1.N#Cc1ccc(O)cc1Cl. The van der Waals surface area contributed by atoms with Gasteiger partial charge in [-0.3, -0.25) is 4.79 Å². The molecule has 0 radical (unpaired) electrons. The van der Waals surface area contributed by atoms with Gasteiger partial charge in [-0.2, -0.15) is 5.26 Å². The first-order valence-corrected chi connectivity index (χ1v) is 14.5. The molecule has 1 amide bonds. The van der Waals surface area contributed by atoms with Crippen molar-refractivity contribution in [2.24, 2.45) is 10.8 Å². The van der Waals surface area contributed by atoms with E-state index in [-0.39, 0.29) is 33.6 Å². The van der Waals surface area contributed by atoms with Gasteiger partial charge in [0.15, 0.2) is 0 Å². The molecule has 40 heavy (non-hydrogen) atoms. The van der Waals surface area contributed by atoms with E-state index in [1.807, 2.05) is 27.0 Å². The van der Waals surface area contributed by atoms with Gasteiger partial charge < -0.3 is 25.5 Å². The minimum atomic E-state index is -0.0845. The van der Waals surface area contributed by atoms with E-state index in [1.165, 1.54) is 18.2 Å². The molecule has 9 nitrogen and oxygen atoms in total. The Labute approximate surface area is 244 Å². The normalized spacial score (nSPS) is 17.6. The number of aromatic nitrogens is 2. The van der Waals surface area contributed by atoms with E-state index in [0.29, 0.717) is 17.1 Å². The van der Waals surface area contributed by atoms with Crippen LogP contribution in [0.25, 0.3) is 0 Å². The molecule has 0 spiro atoms. The number of nitrogens with zero attached hydrogens (tertiary/aromatic N) is 5. The Morgan fingerprint density at radius 2 is 1.80 bits per heavy atom. The molecule has 0 bridgehead atoms. The second-order valence-corrected chi connectivity index (χ2v) is 11.9. The highest BCUT2D eigenvalue weighted by molar-refractivity contribution is 6.31. The van der Waals surface area contributed by atoms with Gasteiger partial charge in [0, 0.05) is 58.2 Å². The van der Waals surface area contributed by atoms with Gasteiger partial charge in [0.25, 0.3) is 5.91 Å². The van der Waals surface area contributed by atoms with Crippen molar-refractivity contribution in [1.82, 2.24) is 25.5 Å². The molecule has 1 aliphatic heterocycles. The van der Waals surface area contributed by atoms with Crippen molar-refractivity contribution >= 4 is 23.5 Å². The van der Waals surface area contributed by atoms with E-state index in [1.54, 1.807) is 12.4 Å². The molecular weight excluding hydrogens is 526 g/mol. The molecule has 1 aromatic heterocycles. The summed E-state index contributed by atoms with van der Waals surface area (Å²) < 4.78 is 0. The fraction of sp³-hybridized carbons (Fsp3) is 0.600. The van der Waals surface area contributed by atoms with Crippen LogP contribution in [0.1, 0.15) is 70.3 Å². The first-order valence-electron chi connectivity index (χ1n) is 14.1. The van der Waals surface area contributed by atoms with Gasteiger partial charge in [-0.1, -0.05) is 53.1 Å². The zero-order valence-corrected chi connectivity index (χ0v) is 25.8. The van der Waals surface area contributed by atoms with Crippen LogP contribution in [0.4, 0.5) is 5.95 Å². The molecule has 0 unspecified atom stereocenters. The van der Waals surface area contributed by atoms with Gasteiger partial charge in [0.1, 0.15) is 11.8 Å². The molecule has 4 rings (SSSR count). The summed E-state index contributed by atoms with van der Waals surface area (Å²) in [6.45, 7) is 19.2. The molecule has 1 aromatic carbocycles. The molecule has 2 heterocycles. The number of piperazine rings is 1. The summed E-state index contributed by atoms with van der Waals surface area (Å²) in [5.41, 5.74) is 1.16. The van der Waals surface area contributed by atoms with Gasteiger partial charge in [0.05, 0.1) is 16.1 Å². The minimum Gasteiger partial charge on any atom is -0.508 e. The van der Waals surface area contributed by atoms with E-state index in [4.69, 9.17) is 22.0 Å². The van der Waals surface area contributed by atoms with Gasteiger partial charge in [-0.05, 0) is 48.4 Å². The second-order valence-electron chi connectivity index (χ2n) is 11.5. The predicted octanol–water partition coefficient (Wildman–Crippen LogP) is 4.71. The first kappa shape index (κ1) is 33.3. The maximum Gasteiger partial charge on any atom is 0.254 e. The molecule has 3 N–H and O–H groups in total. The van der Waals surface area contributed by atoms with Crippen molar-refractivity contribution < 1.29 is 9.90 Å². The van der Waals surface area contributed by atoms with E-state index in [2.05, 4.69) is 58.1 Å². The van der Waals surface area contributed by atoms with E-state index in [9.17, 15) is 4.79 Å². The molecule has 1 saturated carbocycles. The standard InChI is InChI=1S/C21H36N6O.C7H4ClNO.C2H6/c1-20(2)15-21(3,4)18(20)25-17(28)16-13-23-19(24-14-16)26(5)9-6-10-27-11-7-22-8-12-27;8-7-3-6(10)2-1-5(7)4-9;1-2/h13-14,18,22H,6-12,15H2,1-5H3,(H,25,28);1-3,10H;1-2H3. The molecular formula is C30H46ClN7O2. The van der Waals surface area contributed by atoms with Gasteiger partial charge in [-0.15, -0.1) is 0 Å². The van der Waals surface area contributed by atoms with Gasteiger partial charge in [0.2, 0.25) is 5.95 Å². The third-order valence-corrected chi connectivity index (χ3v) is 7.55. The van der Waals surface area contributed by atoms with Gasteiger partial charge in [-0.25, -0.2) is 9.97 Å². The number of rotatable bonds is 7. The summed E-state index contributed by atoms with van der Waals surface area (Å²) in [6, 6.07) is 6.27. The summed E-state index contributed by atoms with van der Waals surface area (Å²) in [4.78, 5) is 26.0. The summed E-state index contributed by atoms with van der Waals surface area (Å²) in [7, 11) is 2.01. The minimum absolute atomic E-state index is 0.0731. The number of anilines is 1. The number of halogens is 1. The van der Waals surface area contributed by atoms with Crippen molar-refractivity contribution in [3.63, 3.8) is 0 Å². The van der Waals surface area contributed by atoms with Crippen LogP contribution < -0.4 is 15.5 Å². The number of hydrogen-bond acceptors (Lipinski definition) is 8. The average molecular weight is 572 g/mol. The van der Waals surface area contributed by atoms with Crippen molar-refractivity contribution in [1.29, 1.82) is 5.26 Å². The van der Waals surface area contributed by atoms with Crippen LogP contribution in [-0.4, -0.2) is 78.2 Å². The molecule has 220 valence electrons. The average Bonchev–Trinajstić information content (AvgIpc) is 2.93. The summed E-state index contributed by atoms with van der Waals surface area (Å²) in [6.07, 6.45) is 5.47. The zero-order chi connectivity index (χ0) is 29.9. The lowest BCUT2D eigenvalue weighted by Crippen LogP contribution is -2.63. The number of benzene rings is 1. The number of phenolic OH excluding ortho intramolecular Hbond substituents is 1. The third-order valence-electron chi connectivity index (χ3n) is 7.24. The van der Waals surface area contributed by atoms with Crippen LogP contribution >= 0.6 is 11.6 Å². The van der Waals surface area contributed by atoms with Crippen LogP contribution in [-0.2, 0) is 0 Å². The fourth-order valence-electron chi connectivity index (χ4n) is 5.71. The maximum atomic E-state index is 12.6. The number of hydrogen-bond donors (Lipinski definition) is 3. The highest BCUT2D eigenvalue weighted by Gasteiger charge is 2.53. The third kappa shape index (κ3) is 9.33. The largest absolute Gasteiger partial charge is 0.508 e. The number of carbonyl (C=O) groups excluding carboxylic acids is 1. The van der Waals surface area contributed by atoms with Crippen LogP contribution in [0, 0.1) is 22.2 Å². The number of aromatic hydroxyl groups is 1. The molecule has 1 saturated heterocycles. The molecule has 2 fully saturated rings. The number of nitrogens with one attached hydrogen (secondary N) is 2. The lowest BCUT2D eigenvalue weighted by atomic mass is 9.52. The second kappa shape index (κ2) is 15.2. The Kier molecular flexibility index (Phi) is 12.6. The van der Waals surface area contributed by atoms with Crippen LogP contribution in [0.3, 0.4) is 0 Å². The summed E-state index contributed by atoms with van der Waals surface area (Å²) in [5, 5.41) is 24.1. The first-order chi connectivity index (χ1) is 18.9. The monoisotopic (exact) mass is 571 g/mol. The number of carbonyl (C=O) groups is 1. The van der Waals surface area contributed by atoms with Crippen LogP contribution in [0.5, 0.6) is 5.75 Å². The topological polar surface area (TPSA) is 117 Å². The lowest BCUT2D eigenvalue weighted by molar-refractivity contribution is -0.0366. The van der Waals surface area contributed by atoms with Crippen LogP contribution in [0.15, 0.2) is 30.6 Å². The molecule has 10 heteroatoms. The molecule has 2 aromatic rings. The summed E-state index contributed by atoms with van der Waals surface area (Å²) >= 11 is 5.55. The summed E-state index contributed by atoms with van der Waals surface area (Å²) in [5.74, 6) is 0.656. The van der Waals surface area contributed by atoms with Crippen molar-refractivity contribution in [2.45, 2.75) is 60.4 Å². The molecule has 2 aliphatic rings. The maximum absolute atomic E-state index is 12.6. The Hall–Kier alpha value is -2.93. The fourth-order valence-corrected chi connectivity index (χ4v) is 5.92. The van der Waals surface area contributed by atoms with E-state index < -0.39 is 0 Å². The zero-order valence-electron chi connectivity index (χ0n) is 25.1. The number of nitriles is 1. The van der Waals surface area contributed by atoms with E-state index in [0.717, 1.165) is 52.1 Å². The van der Waals surface area contributed by atoms with Crippen molar-refractivity contribution in [2.75, 3.05) is 51.2 Å². The Morgan fingerprint density at radius 3 is 2.33 bits per heavy atom. The lowest BCUT2D eigenvalue weighted by Gasteiger charge is -2.57. The molecule has 0 atom stereocenters. The van der Waals surface area contributed by atoms with E-state index >= 15 is 0 Å². The number of phenols is 1. The molecule has 1 aliphatic carbocycles. The Bertz CT molecular complexity index is 1110. The quantitative estimate of drug-likeness (QED) is 0.437. The van der Waals surface area contributed by atoms with Crippen molar-refractivity contribution in [3.05, 3.63) is 46.7 Å². The Morgan fingerprint density at radius 1 is 1.20 bits per heavy atom. The van der Waals surface area contributed by atoms with Gasteiger partial charge >= 0.3 is 0 Å². The van der Waals surface area contributed by atoms with Crippen LogP contribution in [0.2, 0.25) is 5.02 Å². The van der Waals surface area contributed by atoms with Crippen molar-refractivity contribution in [3.8, 4) is 11.8 Å².